The lowest BCUT2D eigenvalue weighted by Crippen LogP contribution is -2.26. The first-order valence-corrected chi connectivity index (χ1v) is 6.71. The van der Waals surface area contributed by atoms with Gasteiger partial charge in [0, 0.05) is 17.6 Å². The molecule has 4 nitrogen and oxygen atoms in total. The average molecular weight is 316 g/mol. The van der Waals surface area contributed by atoms with Crippen LogP contribution in [-0.4, -0.2) is 37.4 Å². The Bertz CT molecular complexity index is 354. The van der Waals surface area contributed by atoms with Crippen LogP contribution in [0.1, 0.15) is 12.0 Å². The molecule has 0 fully saturated rings. The molecule has 0 heterocycles. The van der Waals surface area contributed by atoms with Crippen LogP contribution >= 0.6 is 15.9 Å². The van der Waals surface area contributed by atoms with Crippen molar-refractivity contribution in [2.75, 3.05) is 26.4 Å². The number of hydrogen-bond acceptors (Lipinski definition) is 3. The highest BCUT2D eigenvalue weighted by atomic mass is 79.9. The summed E-state index contributed by atoms with van der Waals surface area (Å²) in [6.07, 6.45) is 1.15. The van der Waals surface area contributed by atoms with Crippen molar-refractivity contribution in [3.63, 3.8) is 0 Å². The quantitative estimate of drug-likeness (QED) is 0.715. The monoisotopic (exact) mass is 315 g/mol. The molecule has 0 bridgehead atoms. The van der Waals surface area contributed by atoms with E-state index in [1.54, 1.807) is 0 Å². The van der Waals surface area contributed by atoms with Gasteiger partial charge in [-0.15, -0.1) is 0 Å². The van der Waals surface area contributed by atoms with Crippen LogP contribution in [0.2, 0.25) is 0 Å². The SMILES string of the molecule is O=C(Cc1ccc(Br)cc1)NCCCOCCO. The van der Waals surface area contributed by atoms with Gasteiger partial charge < -0.3 is 15.2 Å². The topological polar surface area (TPSA) is 58.6 Å². The summed E-state index contributed by atoms with van der Waals surface area (Å²) in [6, 6.07) is 7.69. The number of aliphatic hydroxyl groups excluding tert-OH is 1. The molecule has 1 rings (SSSR count). The molecular formula is C13H18BrNO3. The van der Waals surface area contributed by atoms with Gasteiger partial charge in [-0.2, -0.15) is 0 Å². The molecule has 0 saturated carbocycles. The van der Waals surface area contributed by atoms with Gasteiger partial charge in [0.15, 0.2) is 0 Å². The zero-order valence-electron chi connectivity index (χ0n) is 10.2. The van der Waals surface area contributed by atoms with Gasteiger partial charge in [0.2, 0.25) is 5.91 Å². The van der Waals surface area contributed by atoms with Crippen LogP contribution in [-0.2, 0) is 16.0 Å². The van der Waals surface area contributed by atoms with Crippen molar-refractivity contribution >= 4 is 21.8 Å². The van der Waals surface area contributed by atoms with E-state index in [4.69, 9.17) is 9.84 Å². The number of amides is 1. The molecule has 0 radical (unpaired) electrons. The fourth-order valence-corrected chi connectivity index (χ4v) is 1.68. The molecular weight excluding hydrogens is 298 g/mol. The Kier molecular flexibility index (Phi) is 7.64. The molecule has 0 spiro atoms. The number of benzene rings is 1. The van der Waals surface area contributed by atoms with E-state index >= 15 is 0 Å². The summed E-state index contributed by atoms with van der Waals surface area (Å²) in [4.78, 5) is 11.6. The minimum absolute atomic E-state index is 0.0134. The number of rotatable bonds is 8. The maximum Gasteiger partial charge on any atom is 0.224 e. The predicted octanol–water partition coefficient (Wildman–Crippen LogP) is 1.51. The number of hydrogen-bond donors (Lipinski definition) is 2. The molecule has 0 aliphatic heterocycles. The van der Waals surface area contributed by atoms with Gasteiger partial charge >= 0.3 is 0 Å². The molecule has 0 aromatic heterocycles. The molecule has 0 saturated heterocycles. The number of carbonyl (C=O) groups is 1. The summed E-state index contributed by atoms with van der Waals surface area (Å²) in [5.74, 6) is 0.0134. The lowest BCUT2D eigenvalue weighted by Gasteiger charge is -2.06. The van der Waals surface area contributed by atoms with E-state index < -0.39 is 0 Å². The van der Waals surface area contributed by atoms with Crippen molar-refractivity contribution in [2.24, 2.45) is 0 Å². The average Bonchev–Trinajstić information content (AvgIpc) is 2.36. The molecule has 100 valence electrons. The molecule has 1 amide bonds. The third-order valence-electron chi connectivity index (χ3n) is 2.30. The third-order valence-corrected chi connectivity index (χ3v) is 2.83. The van der Waals surface area contributed by atoms with Crippen LogP contribution in [0, 0.1) is 0 Å². The largest absolute Gasteiger partial charge is 0.394 e. The Hall–Kier alpha value is -0.910. The normalized spacial score (nSPS) is 10.3. The summed E-state index contributed by atoms with van der Waals surface area (Å²) in [5, 5.41) is 11.3. The van der Waals surface area contributed by atoms with Crippen LogP contribution in [0.3, 0.4) is 0 Å². The highest BCUT2D eigenvalue weighted by Gasteiger charge is 2.02. The molecule has 1 aromatic carbocycles. The van der Waals surface area contributed by atoms with Crippen LogP contribution in [0.15, 0.2) is 28.7 Å². The number of halogens is 1. The molecule has 0 atom stereocenters. The molecule has 0 aliphatic rings. The zero-order valence-corrected chi connectivity index (χ0v) is 11.8. The van der Waals surface area contributed by atoms with E-state index in [1.807, 2.05) is 24.3 Å². The van der Waals surface area contributed by atoms with Crippen molar-refractivity contribution in [3.05, 3.63) is 34.3 Å². The van der Waals surface area contributed by atoms with Crippen LogP contribution in [0.4, 0.5) is 0 Å². The van der Waals surface area contributed by atoms with Crippen LogP contribution < -0.4 is 5.32 Å². The molecule has 0 aliphatic carbocycles. The van der Waals surface area contributed by atoms with Gasteiger partial charge in [0.1, 0.15) is 0 Å². The van der Waals surface area contributed by atoms with Gasteiger partial charge in [-0.25, -0.2) is 0 Å². The minimum Gasteiger partial charge on any atom is -0.394 e. The van der Waals surface area contributed by atoms with E-state index in [2.05, 4.69) is 21.2 Å². The molecule has 18 heavy (non-hydrogen) atoms. The van der Waals surface area contributed by atoms with E-state index in [-0.39, 0.29) is 12.5 Å². The van der Waals surface area contributed by atoms with Crippen molar-refractivity contribution < 1.29 is 14.6 Å². The minimum atomic E-state index is 0.0134. The van der Waals surface area contributed by atoms with Gasteiger partial charge in [-0.1, -0.05) is 28.1 Å². The van der Waals surface area contributed by atoms with E-state index in [0.29, 0.717) is 26.2 Å². The Morgan fingerprint density at radius 1 is 1.28 bits per heavy atom. The standard InChI is InChI=1S/C13H18BrNO3/c14-12-4-2-11(3-5-12)10-13(17)15-6-1-8-18-9-7-16/h2-5,16H,1,6-10H2,(H,15,17). The second-order valence-electron chi connectivity index (χ2n) is 3.84. The molecule has 1 aromatic rings. The van der Waals surface area contributed by atoms with Crippen molar-refractivity contribution in [2.45, 2.75) is 12.8 Å². The summed E-state index contributed by atoms with van der Waals surface area (Å²) < 4.78 is 6.10. The van der Waals surface area contributed by atoms with E-state index in [9.17, 15) is 4.79 Å². The summed E-state index contributed by atoms with van der Waals surface area (Å²) in [6.45, 7) is 1.54. The van der Waals surface area contributed by atoms with Gasteiger partial charge in [0.05, 0.1) is 19.6 Å². The molecule has 0 unspecified atom stereocenters. The number of ether oxygens (including phenoxy) is 1. The first kappa shape index (κ1) is 15.1. The third kappa shape index (κ3) is 6.74. The Balaban J connectivity index is 2.12. The molecule has 2 N–H and O–H groups in total. The number of carbonyl (C=O) groups excluding carboxylic acids is 1. The number of nitrogens with one attached hydrogen (secondary N) is 1. The summed E-state index contributed by atoms with van der Waals surface area (Å²) in [7, 11) is 0. The summed E-state index contributed by atoms with van der Waals surface area (Å²) >= 11 is 3.35. The second-order valence-corrected chi connectivity index (χ2v) is 4.76. The second kappa shape index (κ2) is 9.08. The Morgan fingerprint density at radius 2 is 2.00 bits per heavy atom. The van der Waals surface area contributed by atoms with Crippen LogP contribution in [0.25, 0.3) is 0 Å². The van der Waals surface area contributed by atoms with Crippen LogP contribution in [0.5, 0.6) is 0 Å². The number of aliphatic hydroxyl groups is 1. The van der Waals surface area contributed by atoms with E-state index in [0.717, 1.165) is 16.5 Å². The fraction of sp³-hybridized carbons (Fsp3) is 0.462. The zero-order chi connectivity index (χ0) is 13.2. The van der Waals surface area contributed by atoms with E-state index in [1.165, 1.54) is 0 Å². The van der Waals surface area contributed by atoms with Crippen molar-refractivity contribution in [3.8, 4) is 0 Å². The fourth-order valence-electron chi connectivity index (χ4n) is 1.42. The highest BCUT2D eigenvalue weighted by Crippen LogP contribution is 2.10. The highest BCUT2D eigenvalue weighted by molar-refractivity contribution is 9.10. The Morgan fingerprint density at radius 3 is 2.67 bits per heavy atom. The van der Waals surface area contributed by atoms with Gasteiger partial charge in [0.25, 0.3) is 0 Å². The van der Waals surface area contributed by atoms with Crippen molar-refractivity contribution in [1.82, 2.24) is 5.32 Å². The predicted molar refractivity (Wildman–Crippen MR) is 73.4 cm³/mol. The van der Waals surface area contributed by atoms with Crippen molar-refractivity contribution in [1.29, 1.82) is 0 Å². The first-order chi connectivity index (χ1) is 8.72. The lowest BCUT2D eigenvalue weighted by atomic mass is 10.1. The smallest absolute Gasteiger partial charge is 0.224 e. The maximum atomic E-state index is 11.6. The first-order valence-electron chi connectivity index (χ1n) is 5.92. The lowest BCUT2D eigenvalue weighted by molar-refractivity contribution is -0.120. The van der Waals surface area contributed by atoms with Gasteiger partial charge in [-0.3, -0.25) is 4.79 Å². The summed E-state index contributed by atoms with van der Waals surface area (Å²) in [5.41, 5.74) is 0.993. The maximum absolute atomic E-state index is 11.6. The van der Waals surface area contributed by atoms with Gasteiger partial charge in [-0.05, 0) is 24.1 Å². The molecule has 5 heteroatoms. The Labute approximate surface area is 115 Å².